The Morgan fingerprint density at radius 2 is 1.93 bits per heavy atom. The predicted molar refractivity (Wildman–Crippen MR) is 117 cm³/mol. The van der Waals surface area contributed by atoms with Gasteiger partial charge in [0.15, 0.2) is 11.8 Å². The van der Waals surface area contributed by atoms with Crippen LogP contribution < -0.4 is 10.2 Å². The second kappa shape index (κ2) is 8.43. The normalized spacial score (nSPS) is 20.3. The summed E-state index contributed by atoms with van der Waals surface area (Å²) in [5.74, 6) is 0.441. The van der Waals surface area contributed by atoms with Gasteiger partial charge in [-0.2, -0.15) is 0 Å². The SMILES string of the molecule is CC(=O)c1ccc(NC(=O)[C@@H](C)[NH+]2CCC[C@H](c3nc4ccccc4s3)C2)cc1. The average Bonchev–Trinajstić information content (AvgIpc) is 3.18. The summed E-state index contributed by atoms with van der Waals surface area (Å²) >= 11 is 1.78. The van der Waals surface area contributed by atoms with Crippen molar-refractivity contribution in [1.29, 1.82) is 0 Å². The summed E-state index contributed by atoms with van der Waals surface area (Å²) in [5, 5.41) is 4.19. The van der Waals surface area contributed by atoms with E-state index < -0.39 is 0 Å². The van der Waals surface area contributed by atoms with Gasteiger partial charge in [-0.15, -0.1) is 11.3 Å². The van der Waals surface area contributed by atoms with E-state index in [4.69, 9.17) is 4.98 Å². The number of thiazole rings is 1. The molecule has 4 rings (SSSR count). The van der Waals surface area contributed by atoms with E-state index in [2.05, 4.69) is 23.5 Å². The molecule has 0 aliphatic carbocycles. The lowest BCUT2D eigenvalue weighted by Crippen LogP contribution is -3.17. The second-order valence-electron chi connectivity index (χ2n) is 7.82. The zero-order chi connectivity index (χ0) is 20.4. The molecule has 3 aromatic rings. The Kier molecular flexibility index (Phi) is 5.74. The number of quaternary nitrogens is 1. The Labute approximate surface area is 174 Å². The van der Waals surface area contributed by atoms with E-state index in [-0.39, 0.29) is 17.7 Å². The highest BCUT2D eigenvalue weighted by molar-refractivity contribution is 7.18. The number of hydrogen-bond acceptors (Lipinski definition) is 4. The number of anilines is 1. The van der Waals surface area contributed by atoms with Gasteiger partial charge < -0.3 is 10.2 Å². The molecule has 0 spiro atoms. The van der Waals surface area contributed by atoms with Gasteiger partial charge in [0.05, 0.1) is 29.2 Å². The standard InChI is InChI=1S/C23H25N3O2S/c1-15(22(28)24-19-11-9-17(10-12-19)16(2)27)26-13-5-6-18(14-26)23-25-20-7-3-4-8-21(20)29-23/h3-4,7-12,15,18H,5-6,13-14H2,1-2H3,(H,24,28)/p+1/t15-,18+/m1/s1. The third kappa shape index (κ3) is 4.38. The van der Waals surface area contributed by atoms with Crippen molar-refractivity contribution in [3.63, 3.8) is 0 Å². The number of likely N-dealkylation sites (tertiary alicyclic amines) is 1. The lowest BCUT2D eigenvalue weighted by Gasteiger charge is -2.32. The van der Waals surface area contributed by atoms with Crippen LogP contribution in [0.2, 0.25) is 0 Å². The molecule has 29 heavy (non-hydrogen) atoms. The Balaban J connectivity index is 1.41. The van der Waals surface area contributed by atoms with E-state index in [9.17, 15) is 9.59 Å². The van der Waals surface area contributed by atoms with Crippen LogP contribution in [0.25, 0.3) is 10.2 Å². The molecular formula is C23H26N3O2S+. The molecule has 6 heteroatoms. The fourth-order valence-electron chi connectivity index (χ4n) is 3.99. The van der Waals surface area contributed by atoms with Crippen LogP contribution in [0, 0.1) is 0 Å². The molecular weight excluding hydrogens is 382 g/mol. The molecule has 1 aromatic heterocycles. The van der Waals surface area contributed by atoms with Gasteiger partial charge in [-0.3, -0.25) is 9.59 Å². The largest absolute Gasteiger partial charge is 0.324 e. The number of amides is 1. The van der Waals surface area contributed by atoms with Gasteiger partial charge in [0.1, 0.15) is 5.01 Å². The maximum atomic E-state index is 12.8. The number of piperidine rings is 1. The van der Waals surface area contributed by atoms with E-state index in [0.29, 0.717) is 11.5 Å². The molecule has 1 aliphatic heterocycles. The number of Topliss-reactive ketones (excluding diaryl/α,β-unsaturated/α-hetero) is 1. The summed E-state index contributed by atoms with van der Waals surface area (Å²) in [6.45, 7) is 5.46. The van der Waals surface area contributed by atoms with Crippen LogP contribution in [0.4, 0.5) is 5.69 Å². The number of fused-ring (bicyclic) bond motifs is 1. The summed E-state index contributed by atoms with van der Waals surface area (Å²) in [6, 6.07) is 15.2. The number of aromatic nitrogens is 1. The van der Waals surface area contributed by atoms with Crippen LogP contribution in [-0.4, -0.2) is 35.8 Å². The van der Waals surface area contributed by atoms with Crippen LogP contribution in [0.15, 0.2) is 48.5 Å². The topological polar surface area (TPSA) is 63.5 Å². The number of nitrogens with zero attached hydrogens (tertiary/aromatic N) is 1. The summed E-state index contributed by atoms with van der Waals surface area (Å²) in [4.78, 5) is 30.4. The van der Waals surface area contributed by atoms with Crippen LogP contribution in [0.5, 0.6) is 0 Å². The first-order valence-corrected chi connectivity index (χ1v) is 10.9. The van der Waals surface area contributed by atoms with Gasteiger partial charge >= 0.3 is 0 Å². The first-order valence-electron chi connectivity index (χ1n) is 10.1. The summed E-state index contributed by atoms with van der Waals surface area (Å²) < 4.78 is 1.23. The number of carbonyl (C=O) groups is 2. The van der Waals surface area contributed by atoms with E-state index in [1.54, 1.807) is 35.6 Å². The highest BCUT2D eigenvalue weighted by Gasteiger charge is 2.33. The molecule has 1 fully saturated rings. The molecule has 2 heterocycles. The lowest BCUT2D eigenvalue weighted by molar-refractivity contribution is -0.920. The maximum Gasteiger partial charge on any atom is 0.282 e. The average molecular weight is 409 g/mol. The zero-order valence-corrected chi connectivity index (χ0v) is 17.6. The molecule has 3 atom stereocenters. The second-order valence-corrected chi connectivity index (χ2v) is 8.88. The van der Waals surface area contributed by atoms with Crippen molar-refractivity contribution >= 4 is 38.9 Å². The Bertz CT molecular complexity index is 995. The number of benzene rings is 2. The monoisotopic (exact) mass is 408 g/mol. The van der Waals surface area contributed by atoms with Crippen LogP contribution in [-0.2, 0) is 4.79 Å². The number of para-hydroxylation sites is 1. The van der Waals surface area contributed by atoms with Crippen molar-refractivity contribution < 1.29 is 14.5 Å². The minimum absolute atomic E-state index is 0.0144. The number of carbonyl (C=O) groups excluding carboxylic acids is 2. The van der Waals surface area contributed by atoms with E-state index in [1.165, 1.54) is 21.5 Å². The lowest BCUT2D eigenvalue weighted by atomic mass is 9.97. The Morgan fingerprint density at radius 3 is 2.66 bits per heavy atom. The first kappa shape index (κ1) is 19.7. The third-order valence-electron chi connectivity index (χ3n) is 5.78. The summed E-state index contributed by atoms with van der Waals surface area (Å²) in [5.41, 5.74) is 2.45. The molecule has 1 saturated heterocycles. The van der Waals surface area contributed by atoms with E-state index in [1.807, 2.05) is 13.0 Å². The van der Waals surface area contributed by atoms with Crippen molar-refractivity contribution in [3.05, 3.63) is 59.1 Å². The summed E-state index contributed by atoms with van der Waals surface area (Å²) in [6.07, 6.45) is 2.23. The van der Waals surface area contributed by atoms with Crippen LogP contribution in [0.3, 0.4) is 0 Å². The molecule has 2 N–H and O–H groups in total. The number of hydrogen-bond donors (Lipinski definition) is 2. The smallest absolute Gasteiger partial charge is 0.282 e. The minimum atomic E-state index is -0.139. The molecule has 2 aromatic carbocycles. The maximum absolute atomic E-state index is 12.8. The van der Waals surface area contributed by atoms with Gasteiger partial charge in [0.2, 0.25) is 0 Å². The molecule has 1 amide bonds. The van der Waals surface area contributed by atoms with Gasteiger partial charge in [0.25, 0.3) is 5.91 Å². The molecule has 5 nitrogen and oxygen atoms in total. The summed E-state index contributed by atoms with van der Waals surface area (Å²) in [7, 11) is 0. The third-order valence-corrected chi connectivity index (χ3v) is 6.98. The minimum Gasteiger partial charge on any atom is -0.324 e. The van der Waals surface area contributed by atoms with Crippen molar-refractivity contribution in [2.45, 2.75) is 38.6 Å². The van der Waals surface area contributed by atoms with Crippen molar-refractivity contribution in [2.75, 3.05) is 18.4 Å². The predicted octanol–water partition coefficient (Wildman–Crippen LogP) is 3.29. The molecule has 1 unspecified atom stereocenters. The zero-order valence-electron chi connectivity index (χ0n) is 16.8. The number of rotatable bonds is 5. The highest BCUT2D eigenvalue weighted by Crippen LogP contribution is 2.30. The Morgan fingerprint density at radius 1 is 1.17 bits per heavy atom. The number of ketones is 1. The first-order chi connectivity index (χ1) is 14.0. The van der Waals surface area contributed by atoms with Gasteiger partial charge in [-0.05, 0) is 63.1 Å². The molecule has 1 aliphatic rings. The van der Waals surface area contributed by atoms with Crippen molar-refractivity contribution in [2.24, 2.45) is 0 Å². The molecule has 150 valence electrons. The quantitative estimate of drug-likeness (QED) is 0.637. The number of nitrogens with one attached hydrogen (secondary N) is 2. The van der Waals surface area contributed by atoms with E-state index in [0.717, 1.165) is 37.1 Å². The highest BCUT2D eigenvalue weighted by atomic mass is 32.1. The van der Waals surface area contributed by atoms with Crippen LogP contribution >= 0.6 is 11.3 Å². The van der Waals surface area contributed by atoms with Gasteiger partial charge in [-0.1, -0.05) is 12.1 Å². The fourth-order valence-corrected chi connectivity index (χ4v) is 5.09. The van der Waals surface area contributed by atoms with Crippen molar-refractivity contribution in [3.8, 4) is 0 Å². The van der Waals surface area contributed by atoms with E-state index >= 15 is 0 Å². The molecule has 0 bridgehead atoms. The van der Waals surface area contributed by atoms with Crippen molar-refractivity contribution in [1.82, 2.24) is 4.98 Å². The van der Waals surface area contributed by atoms with Gasteiger partial charge in [-0.25, -0.2) is 4.98 Å². The van der Waals surface area contributed by atoms with Gasteiger partial charge in [0, 0.05) is 11.3 Å². The fraction of sp³-hybridized carbons (Fsp3) is 0.348. The van der Waals surface area contributed by atoms with Crippen LogP contribution in [0.1, 0.15) is 48.0 Å². The molecule has 0 saturated carbocycles. The molecule has 0 radical (unpaired) electrons. The Hall–Kier alpha value is -2.57.